The Balaban J connectivity index is 5.46. The molecule has 0 saturated heterocycles. The van der Waals surface area contributed by atoms with Gasteiger partial charge in [0.1, 0.15) is 6.29 Å². The Morgan fingerprint density at radius 2 is 1.77 bits per heavy atom. The Kier molecular flexibility index (Phi) is 11.9. The van der Waals surface area contributed by atoms with E-state index in [2.05, 4.69) is 15.6 Å². The van der Waals surface area contributed by atoms with Gasteiger partial charge >= 0.3 is 28.8 Å². The number of rotatable bonds is 13. The summed E-state index contributed by atoms with van der Waals surface area (Å²) in [5.41, 5.74) is -0.963. The van der Waals surface area contributed by atoms with Crippen LogP contribution in [0.2, 0.25) is 0 Å². The average Bonchev–Trinajstić information content (AvgIpc) is 2.48. The van der Waals surface area contributed by atoms with Gasteiger partial charge < -0.3 is 20.1 Å². The highest BCUT2D eigenvalue weighted by molar-refractivity contribution is 7.77. The first kappa shape index (κ1) is 26.1. The summed E-state index contributed by atoms with van der Waals surface area (Å²) in [7, 11) is -13.5. The third kappa shape index (κ3) is 11.7. The Hall–Kier alpha value is 0.0800. The van der Waals surface area contributed by atoms with Crippen molar-refractivity contribution in [1.82, 2.24) is 10.6 Å². The van der Waals surface area contributed by atoms with E-state index in [0.717, 1.165) is 0 Å². The van der Waals surface area contributed by atoms with Gasteiger partial charge in [-0.05, 0) is 19.4 Å². The Labute approximate surface area is 154 Å². The van der Waals surface area contributed by atoms with Gasteiger partial charge in [0.2, 0.25) is 0 Å². The first-order chi connectivity index (χ1) is 11.9. The molecule has 0 heterocycles. The normalized spacial score (nSPS) is 17.8. The lowest BCUT2D eigenvalue weighted by Gasteiger charge is -2.23. The smallest absolute Gasteiger partial charge is 0.370 e. The zero-order valence-corrected chi connectivity index (χ0v) is 18.2. The molecular formula is C12H31N3O8P3+. The van der Waals surface area contributed by atoms with Crippen LogP contribution in [0, 0.1) is 0 Å². The number of hydrogen-bond acceptors (Lipinski definition) is 10. The van der Waals surface area contributed by atoms with E-state index in [-0.39, 0.29) is 12.6 Å². The van der Waals surface area contributed by atoms with Crippen LogP contribution in [0.3, 0.4) is 0 Å². The van der Waals surface area contributed by atoms with Crippen molar-refractivity contribution >= 4 is 28.8 Å². The largest absolute Gasteiger partial charge is 0.501 e. The van der Waals surface area contributed by atoms with E-state index >= 15 is 0 Å². The molecule has 26 heavy (non-hydrogen) atoms. The summed E-state index contributed by atoms with van der Waals surface area (Å²) in [6.45, 7) is 7.58. The maximum atomic E-state index is 12.9. The molecule has 14 heteroatoms. The fourth-order valence-electron chi connectivity index (χ4n) is 1.50. The van der Waals surface area contributed by atoms with Crippen molar-refractivity contribution in [2.24, 2.45) is 4.99 Å². The van der Waals surface area contributed by atoms with E-state index < -0.39 is 41.3 Å². The molecule has 0 spiro atoms. The van der Waals surface area contributed by atoms with Crippen molar-refractivity contribution in [2.45, 2.75) is 46.6 Å². The first-order valence-electron chi connectivity index (χ1n) is 8.23. The molecule has 156 valence electrons. The molecule has 2 atom stereocenters. The zero-order valence-electron chi connectivity index (χ0n) is 15.5. The van der Waals surface area contributed by atoms with Gasteiger partial charge in [-0.15, -0.1) is 0 Å². The second-order valence-electron chi connectivity index (χ2n) is 5.83. The number of aliphatic imine (C=N–C) groups is 1. The van der Waals surface area contributed by atoms with E-state index in [1.807, 2.05) is 6.92 Å². The summed E-state index contributed by atoms with van der Waals surface area (Å²) in [4.78, 5) is 41.9. The fourth-order valence-corrected chi connectivity index (χ4v) is 6.15. The summed E-state index contributed by atoms with van der Waals surface area (Å²) >= 11 is 0. The van der Waals surface area contributed by atoms with Crippen LogP contribution in [0.15, 0.2) is 4.99 Å². The fraction of sp³-hybridized carbons (Fsp3) is 0.917. The van der Waals surface area contributed by atoms with Gasteiger partial charge in [-0.1, -0.05) is 27.7 Å². The van der Waals surface area contributed by atoms with Gasteiger partial charge in [0.05, 0.1) is 6.29 Å². The molecule has 0 aromatic carbocycles. The number of nitrogens with one attached hydrogen (secondary N) is 2. The summed E-state index contributed by atoms with van der Waals surface area (Å²) in [6, 6.07) is -0.167. The van der Waals surface area contributed by atoms with Crippen molar-refractivity contribution in [3.05, 3.63) is 0 Å². The highest BCUT2D eigenvalue weighted by Gasteiger charge is 2.49. The molecule has 0 saturated carbocycles. The van der Waals surface area contributed by atoms with Crippen LogP contribution in [0.25, 0.3) is 0 Å². The molecule has 0 aliphatic rings. The van der Waals surface area contributed by atoms with Crippen LogP contribution < -0.4 is 10.6 Å². The molecular weight excluding hydrogens is 407 g/mol. The minimum absolute atomic E-state index is 0.0607. The van der Waals surface area contributed by atoms with Gasteiger partial charge in [-0.3, -0.25) is 4.57 Å². The van der Waals surface area contributed by atoms with E-state index in [4.69, 9.17) is 8.83 Å². The van der Waals surface area contributed by atoms with Crippen molar-refractivity contribution in [1.29, 1.82) is 0 Å². The monoisotopic (exact) mass is 438 g/mol. The minimum Gasteiger partial charge on any atom is -0.370 e. The Morgan fingerprint density at radius 1 is 1.15 bits per heavy atom. The number of hydrogen-bond donors (Lipinski definition) is 6. The molecule has 0 bridgehead atoms. The second-order valence-corrected chi connectivity index (χ2v) is 11.3. The van der Waals surface area contributed by atoms with Crippen LogP contribution in [-0.2, 0) is 18.0 Å². The second kappa shape index (κ2) is 11.8. The zero-order chi connectivity index (χ0) is 20.4. The molecule has 0 amide bonds. The van der Waals surface area contributed by atoms with Crippen LogP contribution in [0.1, 0.15) is 40.5 Å². The lowest BCUT2D eigenvalue weighted by Crippen LogP contribution is -2.26. The van der Waals surface area contributed by atoms with Gasteiger partial charge in [0.15, 0.2) is 0 Å². The summed E-state index contributed by atoms with van der Waals surface area (Å²) < 4.78 is 34.9. The van der Waals surface area contributed by atoms with Crippen LogP contribution in [0.4, 0.5) is 0 Å². The third-order valence-corrected chi connectivity index (χ3v) is 7.18. The molecule has 0 radical (unpaired) electrons. The van der Waals surface area contributed by atoms with Crippen molar-refractivity contribution in [3.63, 3.8) is 0 Å². The van der Waals surface area contributed by atoms with E-state index in [0.29, 0.717) is 19.4 Å². The topological polar surface area (TPSA) is 170 Å². The predicted molar refractivity (Wildman–Crippen MR) is 102 cm³/mol. The summed E-state index contributed by atoms with van der Waals surface area (Å²) in [6.07, 6.45) is 0.244. The van der Waals surface area contributed by atoms with Gasteiger partial charge in [-0.25, -0.2) is 13.9 Å². The Morgan fingerprint density at radius 3 is 2.23 bits per heavy atom. The molecule has 0 fully saturated rings. The lowest BCUT2D eigenvalue weighted by atomic mass is 10.4. The molecule has 0 aromatic rings. The maximum Gasteiger partial charge on any atom is 0.501 e. The van der Waals surface area contributed by atoms with Crippen molar-refractivity contribution in [3.8, 4) is 0 Å². The third-order valence-electron chi connectivity index (χ3n) is 2.63. The van der Waals surface area contributed by atoms with Crippen LogP contribution >= 0.6 is 23.1 Å². The van der Waals surface area contributed by atoms with E-state index in [1.54, 1.807) is 20.8 Å². The van der Waals surface area contributed by atoms with Crippen molar-refractivity contribution < 1.29 is 37.5 Å². The van der Waals surface area contributed by atoms with Gasteiger partial charge in [-0.2, -0.15) is 14.7 Å². The summed E-state index contributed by atoms with van der Waals surface area (Å²) in [5.74, 6) is 0. The summed E-state index contributed by atoms with van der Waals surface area (Å²) in [5, 5.41) is 5.41. The van der Waals surface area contributed by atoms with Gasteiger partial charge in [0.25, 0.3) is 0 Å². The Bertz CT molecular complexity index is 538. The highest BCUT2D eigenvalue weighted by atomic mass is 31.3. The molecule has 0 aliphatic heterocycles. The molecule has 0 aliphatic carbocycles. The van der Waals surface area contributed by atoms with Gasteiger partial charge in [0, 0.05) is 12.6 Å². The van der Waals surface area contributed by atoms with E-state index in [9.17, 15) is 28.7 Å². The standard InChI is InChI=1S/C12H30N3O8P3/c1-5-7-13-9-24(16,17)23-25(18,10-15-11(3)4)22-12(14-8-6-2)26(19,20)21/h11,13,15,19-21H,5-10H2,1-4H3/p+1. The molecule has 6 N–H and O–H groups in total. The lowest BCUT2D eigenvalue weighted by molar-refractivity contribution is 0.311. The highest BCUT2D eigenvalue weighted by Crippen LogP contribution is 2.64. The minimum atomic E-state index is -4.73. The van der Waals surface area contributed by atoms with E-state index in [1.165, 1.54) is 0 Å². The first-order valence-corrected chi connectivity index (χ1v) is 13.4. The molecule has 0 aromatic heterocycles. The van der Waals surface area contributed by atoms with Crippen LogP contribution in [0.5, 0.6) is 0 Å². The molecule has 0 rings (SSSR count). The maximum absolute atomic E-state index is 12.9. The average molecular weight is 438 g/mol. The van der Waals surface area contributed by atoms with Crippen LogP contribution in [-0.4, -0.2) is 56.9 Å². The molecule has 11 nitrogen and oxygen atoms in total. The predicted octanol–water partition coefficient (Wildman–Crippen LogP) is 1.82. The SMILES string of the molecule is CCCN=C(OP(=O)(CNC(C)C)OP(=O)(O)CNCCC)[P+](O)(O)O. The van der Waals surface area contributed by atoms with Crippen molar-refractivity contribution in [2.75, 3.05) is 25.7 Å². The molecule has 2 unspecified atom stereocenters. The quantitative estimate of drug-likeness (QED) is 0.108. The number of nitrogens with zero attached hydrogens (tertiary/aromatic N) is 1.